The Morgan fingerprint density at radius 1 is 1.54 bits per heavy atom. The predicted molar refractivity (Wildman–Crippen MR) is 61.6 cm³/mol. The molecule has 13 heavy (non-hydrogen) atoms. The van der Waals surface area contributed by atoms with Gasteiger partial charge in [-0.1, -0.05) is 22.0 Å². The maximum atomic E-state index is 13.2. The molecule has 0 aliphatic heterocycles. The molecule has 0 fully saturated rings. The number of ketones is 1. The standard InChI is InChI=1S/C9H7BrFIO/c10-5-8(13)3-6-1-2-7(12)4-9(6)11/h1-2,4H,3,5H2. The number of alkyl halides is 1. The molecule has 4 heteroatoms. The van der Waals surface area contributed by atoms with E-state index in [2.05, 4.69) is 15.9 Å². The van der Waals surface area contributed by atoms with Gasteiger partial charge in [-0.15, -0.1) is 0 Å². The highest BCUT2D eigenvalue weighted by Crippen LogP contribution is 2.13. The lowest BCUT2D eigenvalue weighted by Crippen LogP contribution is -2.05. The molecule has 1 aromatic rings. The molecule has 0 radical (unpaired) electrons. The fourth-order valence-corrected chi connectivity index (χ4v) is 1.58. The maximum Gasteiger partial charge on any atom is 0.147 e. The van der Waals surface area contributed by atoms with Crippen molar-refractivity contribution in [2.45, 2.75) is 6.42 Å². The van der Waals surface area contributed by atoms with Crippen molar-refractivity contribution >= 4 is 44.3 Å². The Kier molecular flexibility index (Phi) is 4.31. The first kappa shape index (κ1) is 11.1. The quantitative estimate of drug-likeness (QED) is 0.601. The molecule has 1 nitrogen and oxygen atoms in total. The number of Topliss-reactive ketones (excluding diaryl/α,β-unsaturated/α-hetero) is 1. The van der Waals surface area contributed by atoms with Gasteiger partial charge in [0.1, 0.15) is 11.6 Å². The van der Waals surface area contributed by atoms with Crippen LogP contribution < -0.4 is 0 Å². The Hall–Kier alpha value is 0.0300. The molecule has 1 rings (SSSR count). The second kappa shape index (κ2) is 5.05. The van der Waals surface area contributed by atoms with Crippen LogP contribution in [0, 0.1) is 9.39 Å². The van der Waals surface area contributed by atoms with Gasteiger partial charge in [0.25, 0.3) is 0 Å². The molecular formula is C9H7BrFIO. The van der Waals surface area contributed by atoms with Crippen molar-refractivity contribution in [3.63, 3.8) is 0 Å². The molecule has 0 amide bonds. The predicted octanol–water partition coefficient (Wildman–Crippen LogP) is 2.94. The number of carbonyl (C=O) groups is 1. The van der Waals surface area contributed by atoms with E-state index in [0.29, 0.717) is 5.56 Å². The fourth-order valence-electron chi connectivity index (χ4n) is 0.925. The molecule has 1 aromatic carbocycles. The highest BCUT2D eigenvalue weighted by molar-refractivity contribution is 14.1. The molecule has 0 bridgehead atoms. The summed E-state index contributed by atoms with van der Waals surface area (Å²) in [6.07, 6.45) is 0.161. The van der Waals surface area contributed by atoms with Gasteiger partial charge < -0.3 is 0 Å². The van der Waals surface area contributed by atoms with Gasteiger partial charge in [-0.2, -0.15) is 0 Å². The van der Waals surface area contributed by atoms with E-state index < -0.39 is 0 Å². The van der Waals surface area contributed by atoms with Gasteiger partial charge in [0.2, 0.25) is 0 Å². The first-order valence-corrected chi connectivity index (χ1v) is 5.85. The molecule has 0 spiro atoms. The minimum Gasteiger partial charge on any atom is -0.298 e. The Labute approximate surface area is 98.0 Å². The lowest BCUT2D eigenvalue weighted by atomic mass is 10.1. The lowest BCUT2D eigenvalue weighted by Gasteiger charge is -2.00. The summed E-state index contributed by atoms with van der Waals surface area (Å²) >= 11 is 5.07. The van der Waals surface area contributed by atoms with Crippen LogP contribution in [0.3, 0.4) is 0 Å². The summed E-state index contributed by atoms with van der Waals surface area (Å²) in [5.74, 6) is -0.318. The largest absolute Gasteiger partial charge is 0.298 e. The summed E-state index contributed by atoms with van der Waals surface area (Å²) in [6.45, 7) is 0. The first-order valence-electron chi connectivity index (χ1n) is 3.65. The first-order chi connectivity index (χ1) is 6.13. The number of hydrogen-bond donors (Lipinski definition) is 0. The van der Waals surface area contributed by atoms with Gasteiger partial charge in [-0.05, 0) is 40.3 Å². The minimum absolute atomic E-state index is 0.0138. The molecular weight excluding hydrogens is 350 g/mol. The summed E-state index contributed by atoms with van der Waals surface area (Å²) in [4.78, 5) is 11.0. The van der Waals surface area contributed by atoms with Crippen molar-refractivity contribution in [2.24, 2.45) is 0 Å². The van der Waals surface area contributed by atoms with Gasteiger partial charge in [-0.25, -0.2) is 4.39 Å². The van der Waals surface area contributed by atoms with E-state index >= 15 is 0 Å². The SMILES string of the molecule is O=C(CBr)Cc1ccc(I)cc1F. The zero-order chi connectivity index (χ0) is 9.84. The van der Waals surface area contributed by atoms with Crippen LogP contribution in [0.15, 0.2) is 18.2 Å². The summed E-state index contributed by atoms with van der Waals surface area (Å²) < 4.78 is 14.0. The number of rotatable bonds is 3. The average molecular weight is 357 g/mol. The van der Waals surface area contributed by atoms with Crippen molar-refractivity contribution in [1.82, 2.24) is 0 Å². The summed E-state index contributed by atoms with van der Waals surface area (Å²) in [5, 5.41) is 0.276. The third kappa shape index (κ3) is 3.34. The number of benzene rings is 1. The molecule has 0 saturated carbocycles. The van der Waals surface area contributed by atoms with Crippen molar-refractivity contribution in [1.29, 1.82) is 0 Å². The monoisotopic (exact) mass is 356 g/mol. The highest BCUT2D eigenvalue weighted by atomic mass is 127. The van der Waals surface area contributed by atoms with Gasteiger partial charge in [0.05, 0.1) is 5.33 Å². The van der Waals surface area contributed by atoms with Gasteiger partial charge in [0, 0.05) is 9.99 Å². The molecule has 0 atom stereocenters. The Morgan fingerprint density at radius 3 is 2.77 bits per heavy atom. The Bertz CT molecular complexity index is 327. The van der Waals surface area contributed by atoms with E-state index in [4.69, 9.17) is 0 Å². The second-order valence-corrected chi connectivity index (χ2v) is 4.39. The topological polar surface area (TPSA) is 17.1 Å². The van der Waals surface area contributed by atoms with Gasteiger partial charge in [0.15, 0.2) is 0 Å². The van der Waals surface area contributed by atoms with Crippen molar-refractivity contribution in [3.05, 3.63) is 33.1 Å². The lowest BCUT2D eigenvalue weighted by molar-refractivity contribution is -0.115. The van der Waals surface area contributed by atoms with Crippen LogP contribution in [0.1, 0.15) is 5.56 Å². The molecule has 0 N–H and O–H groups in total. The number of hydrogen-bond acceptors (Lipinski definition) is 1. The van der Waals surface area contributed by atoms with Gasteiger partial charge in [-0.3, -0.25) is 4.79 Å². The van der Waals surface area contributed by atoms with E-state index in [1.54, 1.807) is 12.1 Å². The van der Waals surface area contributed by atoms with Crippen molar-refractivity contribution in [3.8, 4) is 0 Å². The van der Waals surface area contributed by atoms with E-state index in [1.807, 2.05) is 22.6 Å². The van der Waals surface area contributed by atoms with Crippen LogP contribution in [0.5, 0.6) is 0 Å². The van der Waals surface area contributed by atoms with Crippen molar-refractivity contribution < 1.29 is 9.18 Å². The zero-order valence-electron chi connectivity index (χ0n) is 6.69. The number of carbonyl (C=O) groups excluding carboxylic acids is 1. The smallest absolute Gasteiger partial charge is 0.147 e. The second-order valence-electron chi connectivity index (χ2n) is 2.58. The zero-order valence-corrected chi connectivity index (χ0v) is 10.4. The van der Waals surface area contributed by atoms with E-state index in [9.17, 15) is 9.18 Å². The third-order valence-corrected chi connectivity index (χ3v) is 2.85. The minimum atomic E-state index is -0.304. The molecule has 0 aliphatic carbocycles. The van der Waals surface area contributed by atoms with Crippen LogP contribution in [-0.4, -0.2) is 11.1 Å². The van der Waals surface area contributed by atoms with E-state index in [0.717, 1.165) is 3.57 Å². The molecule has 70 valence electrons. The summed E-state index contributed by atoms with van der Waals surface area (Å²) in [7, 11) is 0. The summed E-state index contributed by atoms with van der Waals surface area (Å²) in [6, 6.07) is 4.87. The van der Waals surface area contributed by atoms with Crippen molar-refractivity contribution in [2.75, 3.05) is 5.33 Å². The Balaban J connectivity index is 2.83. The fraction of sp³-hybridized carbons (Fsp3) is 0.222. The Morgan fingerprint density at radius 2 is 2.23 bits per heavy atom. The van der Waals surface area contributed by atoms with Crippen LogP contribution in [0.2, 0.25) is 0 Å². The van der Waals surface area contributed by atoms with Crippen LogP contribution in [0.4, 0.5) is 4.39 Å². The average Bonchev–Trinajstić information content (AvgIpc) is 2.09. The van der Waals surface area contributed by atoms with Gasteiger partial charge >= 0.3 is 0 Å². The van der Waals surface area contributed by atoms with Crippen LogP contribution in [0.25, 0.3) is 0 Å². The molecule has 0 saturated heterocycles. The molecule has 0 aliphatic rings. The van der Waals surface area contributed by atoms with Crippen LogP contribution >= 0.6 is 38.5 Å². The maximum absolute atomic E-state index is 13.2. The van der Waals surface area contributed by atoms with E-state index in [-0.39, 0.29) is 23.4 Å². The third-order valence-electron chi connectivity index (χ3n) is 1.55. The summed E-state index contributed by atoms with van der Waals surface area (Å²) in [5.41, 5.74) is 0.463. The van der Waals surface area contributed by atoms with Crippen LogP contribution in [-0.2, 0) is 11.2 Å². The normalized spacial score (nSPS) is 10.1. The highest BCUT2D eigenvalue weighted by Gasteiger charge is 2.06. The molecule has 0 unspecified atom stereocenters. The molecule has 0 heterocycles. The number of halogens is 3. The molecule has 0 aromatic heterocycles. The van der Waals surface area contributed by atoms with E-state index in [1.165, 1.54) is 6.07 Å².